The lowest BCUT2D eigenvalue weighted by atomic mass is 10.2. The first-order valence-electron chi connectivity index (χ1n) is 4.45. The predicted octanol–water partition coefficient (Wildman–Crippen LogP) is 2.52. The van der Waals surface area contributed by atoms with Gasteiger partial charge in [0.25, 0.3) is 0 Å². The van der Waals surface area contributed by atoms with E-state index < -0.39 is 0 Å². The second-order valence-corrected chi connectivity index (χ2v) is 2.78. The Balaban J connectivity index is 2.20. The number of hydrogen-bond donors (Lipinski definition) is 1. The average molecular weight is 173 g/mol. The van der Waals surface area contributed by atoms with Gasteiger partial charge in [-0.25, -0.2) is 0 Å². The van der Waals surface area contributed by atoms with Gasteiger partial charge < -0.3 is 5.32 Å². The van der Waals surface area contributed by atoms with E-state index in [9.17, 15) is 0 Å². The molecule has 0 saturated heterocycles. The molecule has 0 aromatic heterocycles. The summed E-state index contributed by atoms with van der Waals surface area (Å²) in [4.78, 5) is 0. The first kappa shape index (κ1) is 9.75. The van der Waals surface area contributed by atoms with E-state index in [1.54, 1.807) is 6.08 Å². The van der Waals surface area contributed by atoms with Crippen LogP contribution in [0.4, 0.5) is 0 Å². The highest BCUT2D eigenvalue weighted by Gasteiger charge is 1.86. The summed E-state index contributed by atoms with van der Waals surface area (Å²) in [5.74, 6) is 0. The third-order valence-corrected chi connectivity index (χ3v) is 1.71. The lowest BCUT2D eigenvalue weighted by Gasteiger charge is -2.00. The molecule has 0 aliphatic heterocycles. The van der Waals surface area contributed by atoms with Crippen molar-refractivity contribution in [3.05, 3.63) is 60.7 Å². The van der Waals surface area contributed by atoms with Crippen LogP contribution in [0.25, 0.3) is 0 Å². The summed E-state index contributed by atoms with van der Waals surface area (Å²) in [6.07, 6.45) is 5.78. The summed E-state index contributed by atoms with van der Waals surface area (Å²) < 4.78 is 0. The van der Waals surface area contributed by atoms with Gasteiger partial charge in [-0.15, -0.1) is 0 Å². The SMILES string of the molecule is C=C/C=C/CNCc1ccccc1. The number of nitrogens with one attached hydrogen (secondary N) is 1. The van der Waals surface area contributed by atoms with Crippen LogP contribution in [0.5, 0.6) is 0 Å². The minimum Gasteiger partial charge on any atom is -0.309 e. The van der Waals surface area contributed by atoms with Crippen LogP contribution in [0.15, 0.2) is 55.1 Å². The molecule has 0 bridgehead atoms. The zero-order valence-corrected chi connectivity index (χ0v) is 7.74. The Morgan fingerprint density at radius 1 is 1.23 bits per heavy atom. The average Bonchev–Trinajstić information content (AvgIpc) is 2.19. The highest BCUT2D eigenvalue weighted by Crippen LogP contribution is 1.96. The van der Waals surface area contributed by atoms with E-state index >= 15 is 0 Å². The lowest BCUT2D eigenvalue weighted by Crippen LogP contribution is -2.12. The largest absolute Gasteiger partial charge is 0.309 e. The van der Waals surface area contributed by atoms with Crippen molar-refractivity contribution in [3.8, 4) is 0 Å². The Hall–Kier alpha value is -1.34. The van der Waals surface area contributed by atoms with Crippen molar-refractivity contribution in [3.63, 3.8) is 0 Å². The van der Waals surface area contributed by atoms with Crippen LogP contribution in [0.3, 0.4) is 0 Å². The fourth-order valence-electron chi connectivity index (χ4n) is 1.06. The standard InChI is InChI=1S/C12H15N/c1-2-3-7-10-13-11-12-8-5-4-6-9-12/h2-9,13H,1,10-11H2/b7-3+. The molecule has 0 amide bonds. The van der Waals surface area contributed by atoms with Crippen LogP contribution in [-0.2, 0) is 6.54 Å². The minimum absolute atomic E-state index is 0.890. The molecule has 0 aliphatic carbocycles. The normalized spacial score (nSPS) is 10.5. The van der Waals surface area contributed by atoms with Crippen molar-refractivity contribution in [2.24, 2.45) is 0 Å². The van der Waals surface area contributed by atoms with E-state index in [1.165, 1.54) is 5.56 Å². The molecule has 1 nitrogen and oxygen atoms in total. The number of allylic oxidation sites excluding steroid dienone is 2. The quantitative estimate of drug-likeness (QED) is 0.533. The molecule has 0 saturated carbocycles. The lowest BCUT2D eigenvalue weighted by molar-refractivity contribution is 0.760. The topological polar surface area (TPSA) is 12.0 Å². The third kappa shape index (κ3) is 4.28. The van der Waals surface area contributed by atoms with E-state index in [2.05, 4.69) is 42.2 Å². The molecule has 68 valence electrons. The number of hydrogen-bond acceptors (Lipinski definition) is 1. The summed E-state index contributed by atoms with van der Waals surface area (Å²) in [6, 6.07) is 10.4. The molecule has 1 N–H and O–H groups in total. The van der Waals surface area contributed by atoms with Crippen molar-refractivity contribution in [2.45, 2.75) is 6.54 Å². The molecule has 0 unspecified atom stereocenters. The van der Waals surface area contributed by atoms with Crippen molar-refractivity contribution >= 4 is 0 Å². The molecular weight excluding hydrogens is 158 g/mol. The minimum atomic E-state index is 0.890. The van der Waals surface area contributed by atoms with Gasteiger partial charge in [0, 0.05) is 13.1 Å². The highest BCUT2D eigenvalue weighted by molar-refractivity contribution is 5.14. The van der Waals surface area contributed by atoms with E-state index in [4.69, 9.17) is 0 Å². The maximum absolute atomic E-state index is 3.60. The fourth-order valence-corrected chi connectivity index (χ4v) is 1.06. The summed E-state index contributed by atoms with van der Waals surface area (Å²) in [6.45, 7) is 5.41. The molecule has 0 heterocycles. The molecule has 1 aromatic carbocycles. The second kappa shape index (κ2) is 6.21. The Bertz CT molecular complexity index is 262. The fraction of sp³-hybridized carbons (Fsp3) is 0.167. The van der Waals surface area contributed by atoms with Gasteiger partial charge in [0.1, 0.15) is 0 Å². The zero-order chi connectivity index (χ0) is 9.36. The summed E-state index contributed by atoms with van der Waals surface area (Å²) >= 11 is 0. The summed E-state index contributed by atoms with van der Waals surface area (Å²) in [7, 11) is 0. The van der Waals surface area contributed by atoms with Crippen LogP contribution >= 0.6 is 0 Å². The van der Waals surface area contributed by atoms with E-state index in [0.29, 0.717) is 0 Å². The molecule has 0 aliphatic rings. The monoisotopic (exact) mass is 173 g/mol. The van der Waals surface area contributed by atoms with Crippen LogP contribution < -0.4 is 5.32 Å². The van der Waals surface area contributed by atoms with E-state index in [1.807, 2.05) is 12.1 Å². The first-order valence-corrected chi connectivity index (χ1v) is 4.45. The summed E-state index contributed by atoms with van der Waals surface area (Å²) in [5.41, 5.74) is 1.31. The third-order valence-electron chi connectivity index (χ3n) is 1.71. The first-order chi connectivity index (χ1) is 6.43. The van der Waals surface area contributed by atoms with Gasteiger partial charge in [0.05, 0.1) is 0 Å². The van der Waals surface area contributed by atoms with Gasteiger partial charge in [0.2, 0.25) is 0 Å². The number of benzene rings is 1. The molecule has 0 spiro atoms. The van der Waals surface area contributed by atoms with Crippen molar-refractivity contribution in [1.82, 2.24) is 5.32 Å². The zero-order valence-electron chi connectivity index (χ0n) is 7.74. The molecule has 0 fully saturated rings. The molecule has 13 heavy (non-hydrogen) atoms. The van der Waals surface area contributed by atoms with Crippen LogP contribution in [0, 0.1) is 0 Å². The molecule has 1 rings (SSSR count). The van der Waals surface area contributed by atoms with E-state index in [0.717, 1.165) is 13.1 Å². The van der Waals surface area contributed by atoms with Crippen molar-refractivity contribution in [1.29, 1.82) is 0 Å². The van der Waals surface area contributed by atoms with Crippen molar-refractivity contribution in [2.75, 3.05) is 6.54 Å². The molecule has 0 radical (unpaired) electrons. The van der Waals surface area contributed by atoms with Gasteiger partial charge in [0.15, 0.2) is 0 Å². The van der Waals surface area contributed by atoms with Crippen LogP contribution in [0.1, 0.15) is 5.56 Å². The van der Waals surface area contributed by atoms with Crippen LogP contribution in [-0.4, -0.2) is 6.54 Å². The molecule has 1 aromatic rings. The maximum Gasteiger partial charge on any atom is 0.0208 e. The molecule has 0 atom stereocenters. The molecule has 1 heteroatoms. The van der Waals surface area contributed by atoms with Gasteiger partial charge in [-0.3, -0.25) is 0 Å². The Kier molecular flexibility index (Phi) is 4.65. The van der Waals surface area contributed by atoms with Gasteiger partial charge in [-0.05, 0) is 5.56 Å². The maximum atomic E-state index is 3.60. The Morgan fingerprint density at radius 3 is 2.69 bits per heavy atom. The number of rotatable bonds is 5. The summed E-state index contributed by atoms with van der Waals surface area (Å²) in [5, 5.41) is 3.30. The van der Waals surface area contributed by atoms with Crippen molar-refractivity contribution < 1.29 is 0 Å². The van der Waals surface area contributed by atoms with E-state index in [-0.39, 0.29) is 0 Å². The van der Waals surface area contributed by atoms with Gasteiger partial charge in [-0.2, -0.15) is 0 Å². The second-order valence-electron chi connectivity index (χ2n) is 2.78. The van der Waals surface area contributed by atoms with Gasteiger partial charge in [-0.1, -0.05) is 55.1 Å². The smallest absolute Gasteiger partial charge is 0.0208 e. The highest BCUT2D eigenvalue weighted by atomic mass is 14.8. The Labute approximate surface area is 79.8 Å². The molecular formula is C12H15N. The Morgan fingerprint density at radius 2 is 2.00 bits per heavy atom. The van der Waals surface area contributed by atoms with Gasteiger partial charge >= 0.3 is 0 Å². The predicted molar refractivity (Wildman–Crippen MR) is 57.5 cm³/mol. The van der Waals surface area contributed by atoms with Crippen LogP contribution in [0.2, 0.25) is 0 Å².